The molecule has 1 amide bonds. The molecule has 11 heteroatoms. The third kappa shape index (κ3) is 5.72. The Labute approximate surface area is 161 Å². The fourth-order valence-corrected chi connectivity index (χ4v) is 3.08. The maximum absolute atomic E-state index is 12.8. The van der Waals surface area contributed by atoms with Crippen LogP contribution in [0.4, 0.5) is 15.8 Å². The Kier molecular flexibility index (Phi) is 7.01. The fourth-order valence-electron chi connectivity index (χ4n) is 2.33. The molecule has 0 heterocycles. The van der Waals surface area contributed by atoms with Gasteiger partial charge in [0.05, 0.1) is 16.4 Å². The lowest BCUT2D eigenvalue weighted by Crippen LogP contribution is -2.31. The first kappa shape index (κ1) is 21.3. The minimum atomic E-state index is -3.83. The van der Waals surface area contributed by atoms with Crippen LogP contribution in [-0.2, 0) is 21.2 Å². The first-order chi connectivity index (χ1) is 13.2. The van der Waals surface area contributed by atoms with Crippen molar-refractivity contribution in [3.05, 3.63) is 64.0 Å². The summed E-state index contributed by atoms with van der Waals surface area (Å²) in [7, 11) is -2.63. The number of nitro groups is 1. The summed E-state index contributed by atoms with van der Waals surface area (Å²) >= 11 is 0. The van der Waals surface area contributed by atoms with Crippen LogP contribution in [0.5, 0.6) is 0 Å². The van der Waals surface area contributed by atoms with E-state index in [0.717, 1.165) is 11.6 Å². The van der Waals surface area contributed by atoms with Crippen molar-refractivity contribution in [1.29, 1.82) is 0 Å². The minimum absolute atomic E-state index is 0.0220. The van der Waals surface area contributed by atoms with Crippen LogP contribution in [0.1, 0.15) is 5.56 Å². The number of amides is 1. The lowest BCUT2D eigenvalue weighted by atomic mass is 10.1. The smallest absolute Gasteiger partial charge is 0.293 e. The number of sulfonamides is 1. The van der Waals surface area contributed by atoms with Crippen molar-refractivity contribution in [2.45, 2.75) is 11.3 Å². The average Bonchev–Trinajstić information content (AvgIpc) is 2.67. The highest BCUT2D eigenvalue weighted by molar-refractivity contribution is 7.89. The van der Waals surface area contributed by atoms with Gasteiger partial charge in [-0.3, -0.25) is 14.9 Å². The number of hydrogen-bond acceptors (Lipinski definition) is 6. The molecule has 0 spiro atoms. The summed E-state index contributed by atoms with van der Waals surface area (Å²) in [6.45, 7) is 0.0793. The second-order valence-electron chi connectivity index (χ2n) is 5.72. The van der Waals surface area contributed by atoms with Crippen molar-refractivity contribution in [3.63, 3.8) is 0 Å². The zero-order chi connectivity index (χ0) is 20.7. The van der Waals surface area contributed by atoms with E-state index in [9.17, 15) is 27.7 Å². The molecule has 0 bridgehead atoms. The molecule has 2 rings (SSSR count). The topological polar surface area (TPSA) is 130 Å². The van der Waals surface area contributed by atoms with E-state index in [-0.39, 0.29) is 22.9 Å². The molecule has 9 nitrogen and oxygen atoms in total. The van der Waals surface area contributed by atoms with Crippen molar-refractivity contribution >= 4 is 27.3 Å². The lowest BCUT2D eigenvalue weighted by Gasteiger charge is -2.10. The van der Waals surface area contributed by atoms with E-state index in [1.807, 2.05) is 0 Å². The molecule has 0 aliphatic rings. The van der Waals surface area contributed by atoms with E-state index in [0.29, 0.717) is 13.0 Å². The van der Waals surface area contributed by atoms with Crippen LogP contribution >= 0.6 is 0 Å². The number of halogens is 1. The SMILES string of the molecule is CNS(=O)(=O)c1ccc(NCC(=O)NCCc2ccc(F)cc2)c([N+](=O)[O-])c1. The second-order valence-corrected chi connectivity index (χ2v) is 7.61. The van der Waals surface area contributed by atoms with Crippen molar-refractivity contribution < 1.29 is 22.5 Å². The number of rotatable bonds is 9. The van der Waals surface area contributed by atoms with Crippen LogP contribution in [0.25, 0.3) is 0 Å². The number of nitrogens with zero attached hydrogens (tertiary/aromatic N) is 1. The Hall–Kier alpha value is -3.05. The molecule has 28 heavy (non-hydrogen) atoms. The first-order valence-electron chi connectivity index (χ1n) is 8.20. The summed E-state index contributed by atoms with van der Waals surface area (Å²) in [5.41, 5.74) is 0.413. The van der Waals surface area contributed by atoms with Crippen molar-refractivity contribution in [3.8, 4) is 0 Å². The average molecular weight is 410 g/mol. The molecular formula is C17H19FN4O5S. The van der Waals surface area contributed by atoms with Crippen LogP contribution in [0, 0.1) is 15.9 Å². The number of benzene rings is 2. The monoisotopic (exact) mass is 410 g/mol. The van der Waals surface area contributed by atoms with Gasteiger partial charge in [-0.25, -0.2) is 17.5 Å². The Morgan fingerprint density at radius 2 is 1.86 bits per heavy atom. The molecule has 2 aromatic carbocycles. The maximum Gasteiger partial charge on any atom is 0.293 e. The van der Waals surface area contributed by atoms with Crippen LogP contribution in [-0.4, -0.2) is 39.4 Å². The summed E-state index contributed by atoms with van der Waals surface area (Å²) in [6.07, 6.45) is 0.503. The van der Waals surface area contributed by atoms with Gasteiger partial charge < -0.3 is 10.6 Å². The molecule has 0 aliphatic carbocycles. The summed E-state index contributed by atoms with van der Waals surface area (Å²) in [5.74, 6) is -0.740. The third-order valence-electron chi connectivity index (χ3n) is 3.83. The van der Waals surface area contributed by atoms with Gasteiger partial charge >= 0.3 is 0 Å². The summed E-state index contributed by atoms with van der Waals surface area (Å²) < 4.78 is 38.4. The number of nitro benzene ring substituents is 1. The van der Waals surface area contributed by atoms with Gasteiger partial charge in [0, 0.05) is 12.6 Å². The fraction of sp³-hybridized carbons (Fsp3) is 0.235. The van der Waals surface area contributed by atoms with Crippen LogP contribution in [0.2, 0.25) is 0 Å². The van der Waals surface area contributed by atoms with E-state index in [2.05, 4.69) is 15.4 Å². The molecule has 0 fully saturated rings. The number of carbonyl (C=O) groups is 1. The van der Waals surface area contributed by atoms with Gasteiger partial charge in [0.15, 0.2) is 0 Å². The molecule has 0 atom stereocenters. The molecule has 2 aromatic rings. The number of nitrogens with one attached hydrogen (secondary N) is 3. The van der Waals surface area contributed by atoms with E-state index >= 15 is 0 Å². The van der Waals surface area contributed by atoms with Gasteiger partial charge in [0.2, 0.25) is 15.9 Å². The summed E-state index contributed by atoms with van der Waals surface area (Å²) in [5, 5.41) is 16.5. The number of anilines is 1. The van der Waals surface area contributed by atoms with E-state index in [1.165, 1.54) is 31.3 Å². The van der Waals surface area contributed by atoms with Crippen LogP contribution in [0.3, 0.4) is 0 Å². The largest absolute Gasteiger partial charge is 0.371 e. The van der Waals surface area contributed by atoms with Gasteiger partial charge in [-0.1, -0.05) is 12.1 Å². The number of carbonyl (C=O) groups excluding carboxylic acids is 1. The molecular weight excluding hydrogens is 391 g/mol. The van der Waals surface area contributed by atoms with E-state index < -0.39 is 26.5 Å². The first-order valence-corrected chi connectivity index (χ1v) is 9.68. The molecule has 0 aromatic heterocycles. The standard InChI is InChI=1S/C17H19FN4O5S/c1-19-28(26,27)14-6-7-15(16(10-14)22(24)25)21-11-17(23)20-9-8-12-2-4-13(18)5-3-12/h2-7,10,19,21H,8-9,11H2,1H3,(H,20,23). The quantitative estimate of drug-likeness (QED) is 0.423. The van der Waals surface area contributed by atoms with Gasteiger partial charge in [-0.2, -0.15) is 0 Å². The maximum atomic E-state index is 12.8. The Bertz CT molecular complexity index is 964. The normalized spacial score (nSPS) is 11.1. The zero-order valence-electron chi connectivity index (χ0n) is 14.9. The number of hydrogen-bond donors (Lipinski definition) is 3. The molecule has 0 saturated heterocycles. The summed E-state index contributed by atoms with van der Waals surface area (Å²) in [4.78, 5) is 22.1. The third-order valence-corrected chi connectivity index (χ3v) is 5.25. The molecule has 150 valence electrons. The van der Waals surface area contributed by atoms with Crippen LogP contribution in [0.15, 0.2) is 47.4 Å². The predicted molar refractivity (Wildman–Crippen MR) is 101 cm³/mol. The summed E-state index contributed by atoms with van der Waals surface area (Å²) in [6, 6.07) is 9.24. The Morgan fingerprint density at radius 3 is 2.46 bits per heavy atom. The van der Waals surface area contributed by atoms with Crippen molar-refractivity contribution in [2.75, 3.05) is 25.5 Å². The zero-order valence-corrected chi connectivity index (χ0v) is 15.8. The van der Waals surface area contributed by atoms with Gasteiger partial charge in [-0.15, -0.1) is 0 Å². The molecule has 0 unspecified atom stereocenters. The van der Waals surface area contributed by atoms with E-state index in [1.54, 1.807) is 12.1 Å². The minimum Gasteiger partial charge on any atom is -0.371 e. The van der Waals surface area contributed by atoms with Crippen molar-refractivity contribution in [1.82, 2.24) is 10.0 Å². The van der Waals surface area contributed by atoms with E-state index in [4.69, 9.17) is 0 Å². The molecule has 3 N–H and O–H groups in total. The highest BCUT2D eigenvalue weighted by Gasteiger charge is 2.20. The van der Waals surface area contributed by atoms with Gasteiger partial charge in [0.1, 0.15) is 11.5 Å². The lowest BCUT2D eigenvalue weighted by molar-refractivity contribution is -0.384. The highest BCUT2D eigenvalue weighted by Crippen LogP contribution is 2.27. The molecule has 0 saturated carbocycles. The molecule has 0 aliphatic heterocycles. The highest BCUT2D eigenvalue weighted by atomic mass is 32.2. The second kappa shape index (κ2) is 9.24. The van der Waals surface area contributed by atoms with Gasteiger partial charge in [-0.05, 0) is 43.3 Å². The predicted octanol–water partition coefficient (Wildman–Crippen LogP) is 1.41. The van der Waals surface area contributed by atoms with Crippen molar-refractivity contribution in [2.24, 2.45) is 0 Å². The Morgan fingerprint density at radius 1 is 1.18 bits per heavy atom. The molecule has 0 radical (unpaired) electrons. The van der Waals surface area contributed by atoms with Crippen LogP contribution < -0.4 is 15.4 Å². The Balaban J connectivity index is 1.94. The van der Waals surface area contributed by atoms with Gasteiger partial charge in [0.25, 0.3) is 5.69 Å².